The van der Waals surface area contributed by atoms with Crippen molar-refractivity contribution in [1.29, 1.82) is 0 Å². The van der Waals surface area contributed by atoms with Gasteiger partial charge in [-0.2, -0.15) is 0 Å². The Morgan fingerprint density at radius 2 is 1.91 bits per heavy atom. The topological polar surface area (TPSA) is 53.0 Å². The first-order valence-corrected chi connectivity index (χ1v) is 12.9. The van der Waals surface area contributed by atoms with Gasteiger partial charge in [0.15, 0.2) is 0 Å². The number of aryl methyl sites for hydroxylation is 1. The van der Waals surface area contributed by atoms with Gasteiger partial charge in [0, 0.05) is 31.7 Å². The Hall–Kier alpha value is -2.37. The number of aliphatic hydroxyl groups excluding tert-OH is 1. The van der Waals surface area contributed by atoms with Gasteiger partial charge in [0.2, 0.25) is 5.91 Å². The van der Waals surface area contributed by atoms with Crippen molar-refractivity contribution in [3.63, 3.8) is 0 Å². The molecule has 0 radical (unpaired) electrons. The number of rotatable bonds is 7. The van der Waals surface area contributed by atoms with Crippen LogP contribution in [0.25, 0.3) is 0 Å². The maximum Gasteiger partial charge on any atom is 0.229 e. The minimum atomic E-state index is 0.0166. The molecule has 1 saturated carbocycles. The highest BCUT2D eigenvalue weighted by Crippen LogP contribution is 2.31. The second-order valence-electron chi connectivity index (χ2n) is 10.4. The molecule has 2 aliphatic rings. The number of aliphatic hydroxyl groups is 1. The fourth-order valence-electron chi connectivity index (χ4n) is 5.48. The predicted molar refractivity (Wildman–Crippen MR) is 137 cm³/mol. The number of nitrogens with zero attached hydrogens (tertiary/aromatic N) is 2. The van der Waals surface area contributed by atoms with Crippen LogP contribution in [0.4, 0.5) is 5.69 Å². The molecule has 0 unspecified atom stereocenters. The Morgan fingerprint density at radius 1 is 1.12 bits per heavy atom. The number of carbonyl (C=O) groups excluding carboxylic acids is 1. The third kappa shape index (κ3) is 6.19. The number of anilines is 1. The lowest BCUT2D eigenvalue weighted by Crippen LogP contribution is -2.37. The van der Waals surface area contributed by atoms with Gasteiger partial charge in [-0.15, -0.1) is 0 Å². The molecule has 34 heavy (non-hydrogen) atoms. The molecule has 1 aliphatic carbocycles. The molecular weight excluding hydrogens is 424 g/mol. The van der Waals surface area contributed by atoms with Crippen molar-refractivity contribution in [3.05, 3.63) is 59.2 Å². The van der Waals surface area contributed by atoms with Gasteiger partial charge in [-0.05, 0) is 98.9 Å². The fraction of sp³-hybridized carbons (Fsp3) is 0.552. The van der Waals surface area contributed by atoms with Crippen molar-refractivity contribution in [2.75, 3.05) is 25.0 Å². The molecular formula is C29H40N2O3. The van der Waals surface area contributed by atoms with E-state index in [1.165, 1.54) is 37.1 Å². The normalized spacial score (nSPS) is 23.5. The summed E-state index contributed by atoms with van der Waals surface area (Å²) in [7, 11) is 1.91. The number of ether oxygens (including phenoxy) is 1. The Kier molecular flexibility index (Phi) is 8.28. The maximum atomic E-state index is 13.2. The zero-order valence-electron chi connectivity index (χ0n) is 21.0. The first-order chi connectivity index (χ1) is 16.4. The van der Waals surface area contributed by atoms with Crippen LogP contribution in [0.15, 0.2) is 42.5 Å². The third-order valence-electron chi connectivity index (χ3n) is 7.59. The Morgan fingerprint density at radius 3 is 2.62 bits per heavy atom. The Balaban J connectivity index is 1.30. The summed E-state index contributed by atoms with van der Waals surface area (Å²) in [4.78, 5) is 17.7. The van der Waals surface area contributed by atoms with Crippen molar-refractivity contribution in [3.8, 4) is 5.75 Å². The monoisotopic (exact) mass is 464 g/mol. The van der Waals surface area contributed by atoms with Gasteiger partial charge < -0.3 is 14.7 Å². The number of hydrogen-bond donors (Lipinski definition) is 1. The van der Waals surface area contributed by atoms with E-state index in [4.69, 9.17) is 4.74 Å². The van der Waals surface area contributed by atoms with Gasteiger partial charge in [-0.1, -0.05) is 25.1 Å². The molecule has 184 valence electrons. The second kappa shape index (κ2) is 11.4. The van der Waals surface area contributed by atoms with E-state index < -0.39 is 0 Å². The van der Waals surface area contributed by atoms with E-state index in [2.05, 4.69) is 36.9 Å². The van der Waals surface area contributed by atoms with Crippen LogP contribution in [0, 0.1) is 18.8 Å². The number of benzene rings is 2. The number of amides is 1. The molecule has 0 bridgehead atoms. The average molecular weight is 465 g/mol. The van der Waals surface area contributed by atoms with Gasteiger partial charge in [0.05, 0.1) is 12.7 Å². The van der Waals surface area contributed by atoms with Gasteiger partial charge in [0.1, 0.15) is 5.75 Å². The van der Waals surface area contributed by atoms with E-state index in [9.17, 15) is 9.90 Å². The van der Waals surface area contributed by atoms with Crippen LogP contribution in [0.5, 0.6) is 5.75 Å². The molecule has 0 aromatic heterocycles. The van der Waals surface area contributed by atoms with Gasteiger partial charge in [-0.25, -0.2) is 0 Å². The van der Waals surface area contributed by atoms with Crippen molar-refractivity contribution < 1.29 is 14.6 Å². The standard InChI is InChI=1S/C29H40N2O3/c1-21-6-5-15-31(18-21)19-25-9-12-26(16-22(25)2)30(3)29(33)24-10-13-27(14-11-24)34-28-8-4-7-23(17-28)20-32/h4,7-9,12,16-17,21,24,27,32H,5-6,10-11,13-15,18-20H2,1-3H3/t21-,24?,27?/m1/s1. The number of likely N-dealkylation sites (tertiary alicyclic amines) is 1. The third-order valence-corrected chi connectivity index (χ3v) is 7.59. The van der Waals surface area contributed by atoms with Crippen LogP contribution >= 0.6 is 0 Å². The molecule has 1 atom stereocenters. The van der Waals surface area contributed by atoms with Crippen molar-refractivity contribution in [2.45, 2.75) is 71.6 Å². The van der Waals surface area contributed by atoms with Crippen molar-refractivity contribution >= 4 is 11.6 Å². The molecule has 1 saturated heterocycles. The maximum absolute atomic E-state index is 13.2. The highest BCUT2D eigenvalue weighted by Gasteiger charge is 2.30. The molecule has 4 rings (SSSR count). The minimum absolute atomic E-state index is 0.0166. The van der Waals surface area contributed by atoms with Gasteiger partial charge >= 0.3 is 0 Å². The lowest BCUT2D eigenvalue weighted by molar-refractivity contribution is -0.123. The van der Waals surface area contributed by atoms with E-state index in [1.807, 2.05) is 36.2 Å². The first-order valence-electron chi connectivity index (χ1n) is 12.9. The molecule has 5 nitrogen and oxygen atoms in total. The van der Waals surface area contributed by atoms with Gasteiger partial charge in [0.25, 0.3) is 0 Å². The lowest BCUT2D eigenvalue weighted by Gasteiger charge is -2.32. The van der Waals surface area contributed by atoms with Crippen LogP contribution in [-0.4, -0.2) is 42.2 Å². The van der Waals surface area contributed by atoms with Crippen LogP contribution in [-0.2, 0) is 17.9 Å². The van der Waals surface area contributed by atoms with Crippen molar-refractivity contribution in [1.82, 2.24) is 4.90 Å². The highest BCUT2D eigenvalue weighted by atomic mass is 16.5. The lowest BCUT2D eigenvalue weighted by atomic mass is 9.86. The molecule has 0 spiro atoms. The largest absolute Gasteiger partial charge is 0.490 e. The van der Waals surface area contributed by atoms with Crippen LogP contribution in [0.3, 0.4) is 0 Å². The zero-order chi connectivity index (χ0) is 24.1. The highest BCUT2D eigenvalue weighted by molar-refractivity contribution is 5.94. The fourth-order valence-corrected chi connectivity index (χ4v) is 5.48. The molecule has 2 aromatic rings. The van der Waals surface area contributed by atoms with Crippen LogP contribution in [0.1, 0.15) is 62.1 Å². The first kappa shape index (κ1) is 24.7. The van der Waals surface area contributed by atoms with E-state index in [1.54, 1.807) is 0 Å². The van der Waals surface area contributed by atoms with Crippen LogP contribution < -0.4 is 9.64 Å². The minimum Gasteiger partial charge on any atom is -0.490 e. The average Bonchev–Trinajstić information content (AvgIpc) is 2.85. The number of carbonyl (C=O) groups is 1. The van der Waals surface area contributed by atoms with E-state index >= 15 is 0 Å². The Bertz CT molecular complexity index is 968. The summed E-state index contributed by atoms with van der Waals surface area (Å²) in [6.07, 6.45) is 6.20. The summed E-state index contributed by atoms with van der Waals surface area (Å²) in [5.74, 6) is 1.83. The summed E-state index contributed by atoms with van der Waals surface area (Å²) in [6, 6.07) is 14.1. The molecule has 2 fully saturated rings. The molecule has 1 heterocycles. The van der Waals surface area contributed by atoms with E-state index in [-0.39, 0.29) is 24.5 Å². The predicted octanol–water partition coefficient (Wildman–Crippen LogP) is 5.32. The summed E-state index contributed by atoms with van der Waals surface area (Å²) in [5.41, 5.74) is 4.46. The SMILES string of the molecule is Cc1cc(N(C)C(=O)C2CCC(Oc3cccc(CO)c3)CC2)ccc1CN1CCC[C@@H](C)C1. The van der Waals surface area contributed by atoms with Crippen LogP contribution in [0.2, 0.25) is 0 Å². The van der Waals surface area contributed by atoms with Crippen molar-refractivity contribution in [2.24, 2.45) is 11.8 Å². The molecule has 1 amide bonds. The zero-order valence-corrected chi connectivity index (χ0v) is 21.0. The smallest absolute Gasteiger partial charge is 0.229 e. The Labute approximate surface area is 204 Å². The molecule has 2 aromatic carbocycles. The summed E-state index contributed by atoms with van der Waals surface area (Å²) < 4.78 is 6.13. The summed E-state index contributed by atoms with van der Waals surface area (Å²) in [5, 5.41) is 9.33. The second-order valence-corrected chi connectivity index (χ2v) is 10.4. The number of piperidine rings is 1. The van der Waals surface area contributed by atoms with E-state index in [0.717, 1.165) is 55.1 Å². The summed E-state index contributed by atoms with van der Waals surface area (Å²) >= 11 is 0. The molecule has 1 aliphatic heterocycles. The van der Waals surface area contributed by atoms with Gasteiger partial charge in [-0.3, -0.25) is 9.69 Å². The molecule has 1 N–H and O–H groups in total. The number of hydrogen-bond acceptors (Lipinski definition) is 4. The molecule has 5 heteroatoms. The van der Waals surface area contributed by atoms with E-state index in [0.29, 0.717) is 0 Å². The summed E-state index contributed by atoms with van der Waals surface area (Å²) in [6.45, 7) is 7.89. The quantitative estimate of drug-likeness (QED) is 0.603.